The molecule has 13 nitrogen and oxygen atoms in total. The Balaban J connectivity index is 1.27. The standard InChI is InChI=1S/C39H29N3O10/c43-15-26-33(46)34(47)35(48)39(51-26)41-25-14-17(45)10-12-23(25)28-30-29(27-22-11-9-16(44)13-24(22)40-31(27)32(28)41)37(49)42(38(30)50)52-36-20-7-3-1-5-18(20)19-6-2-4-8-21(19)36/h1-14,26,33-36,39-40,43-48H,15H2. The van der Waals surface area contributed by atoms with Gasteiger partial charge < -0.3 is 44.9 Å². The number of nitrogens with one attached hydrogen (secondary N) is 1. The van der Waals surface area contributed by atoms with Crippen LogP contribution in [0.4, 0.5) is 0 Å². The van der Waals surface area contributed by atoms with Gasteiger partial charge in [-0.15, -0.1) is 5.06 Å². The third-order valence-corrected chi connectivity index (χ3v) is 10.7. The number of aliphatic hydroxyl groups excluding tert-OH is 4. The zero-order chi connectivity index (χ0) is 35.7. The number of phenolic OH excluding ortho intramolecular Hbond substituents is 2. The van der Waals surface area contributed by atoms with Crippen molar-refractivity contribution in [1.82, 2.24) is 14.6 Å². The summed E-state index contributed by atoms with van der Waals surface area (Å²) in [6, 6.07) is 24.2. The number of carbonyl (C=O) groups excluding carboxylic acids is 2. The first-order chi connectivity index (χ1) is 25.2. The highest BCUT2D eigenvalue weighted by Gasteiger charge is 2.48. The molecule has 0 spiro atoms. The lowest BCUT2D eigenvalue weighted by atomic mass is 9.96. The summed E-state index contributed by atoms with van der Waals surface area (Å²) in [5, 5.41) is 66.3. The average molecular weight is 700 g/mol. The van der Waals surface area contributed by atoms with Crippen LogP contribution in [-0.4, -0.2) is 88.1 Å². The molecule has 5 atom stereocenters. The minimum Gasteiger partial charge on any atom is -0.508 e. The summed E-state index contributed by atoms with van der Waals surface area (Å²) < 4.78 is 7.53. The Morgan fingerprint density at radius 3 is 2.02 bits per heavy atom. The van der Waals surface area contributed by atoms with Crippen molar-refractivity contribution in [3.05, 3.63) is 107 Å². The molecule has 10 rings (SSSR count). The number of aromatic hydroxyl groups is 2. The second kappa shape index (κ2) is 10.9. The minimum atomic E-state index is -1.74. The van der Waals surface area contributed by atoms with Crippen molar-refractivity contribution in [3.63, 3.8) is 0 Å². The first-order valence-electron chi connectivity index (χ1n) is 16.7. The molecule has 4 heterocycles. The zero-order valence-electron chi connectivity index (χ0n) is 27.0. The van der Waals surface area contributed by atoms with E-state index in [1.54, 1.807) is 12.1 Å². The quantitative estimate of drug-likeness (QED) is 0.131. The largest absolute Gasteiger partial charge is 0.508 e. The Hall–Kier alpha value is -5.80. The second-order valence-corrected chi connectivity index (χ2v) is 13.4. The third-order valence-electron chi connectivity index (χ3n) is 10.7. The summed E-state index contributed by atoms with van der Waals surface area (Å²) in [6.45, 7) is -0.687. The maximum atomic E-state index is 14.8. The fraction of sp³-hybridized carbons (Fsp3) is 0.179. The number of amides is 2. The molecule has 7 N–H and O–H groups in total. The minimum absolute atomic E-state index is 0.0000673. The van der Waals surface area contributed by atoms with Gasteiger partial charge >= 0.3 is 0 Å². The molecule has 7 aromatic rings. The van der Waals surface area contributed by atoms with Crippen molar-refractivity contribution >= 4 is 55.4 Å². The summed E-state index contributed by atoms with van der Waals surface area (Å²) in [7, 11) is 0. The van der Waals surface area contributed by atoms with E-state index in [4.69, 9.17) is 9.57 Å². The zero-order valence-corrected chi connectivity index (χ0v) is 27.0. The van der Waals surface area contributed by atoms with Crippen LogP contribution in [-0.2, 0) is 9.57 Å². The molecule has 3 aliphatic rings. The molecule has 1 aliphatic carbocycles. The summed E-state index contributed by atoms with van der Waals surface area (Å²) in [5.41, 5.74) is 4.72. The molecule has 2 amide bonds. The number of benzene rings is 5. The SMILES string of the molecule is O=C1c2c(c3c4ccc(O)cc4n(C4OC(CO)C(O)C(O)C4O)c3c3[nH]c4cc(O)ccc4c23)C(=O)N1OC1c2ccccc2-c2ccccc21. The number of carbonyl (C=O) groups is 2. The van der Waals surface area contributed by atoms with Crippen molar-refractivity contribution in [2.75, 3.05) is 6.61 Å². The molecule has 2 aliphatic heterocycles. The normalized spacial score (nSPS) is 23.0. The van der Waals surface area contributed by atoms with E-state index in [-0.39, 0.29) is 39.0 Å². The Labute approximate surface area is 292 Å². The van der Waals surface area contributed by atoms with E-state index < -0.39 is 55.2 Å². The first-order valence-corrected chi connectivity index (χ1v) is 16.7. The van der Waals surface area contributed by atoms with Gasteiger partial charge in [0.1, 0.15) is 42.0 Å². The van der Waals surface area contributed by atoms with Crippen molar-refractivity contribution in [1.29, 1.82) is 0 Å². The topological polar surface area (TPSA) is 198 Å². The molecule has 52 heavy (non-hydrogen) atoms. The number of phenols is 2. The van der Waals surface area contributed by atoms with Crippen molar-refractivity contribution < 1.29 is 49.8 Å². The first kappa shape index (κ1) is 31.0. The summed E-state index contributed by atoms with van der Waals surface area (Å²) in [5.74, 6) is -1.68. The number of nitrogens with zero attached hydrogens (tertiary/aromatic N) is 2. The summed E-state index contributed by atoms with van der Waals surface area (Å²) in [6.07, 6.45) is -8.64. The van der Waals surface area contributed by atoms with Crippen LogP contribution in [0, 0.1) is 0 Å². The van der Waals surface area contributed by atoms with Crippen LogP contribution in [0.3, 0.4) is 0 Å². The van der Waals surface area contributed by atoms with E-state index in [9.17, 15) is 40.2 Å². The number of hydroxylamine groups is 2. The maximum absolute atomic E-state index is 14.8. The van der Waals surface area contributed by atoms with Gasteiger partial charge in [-0.05, 0) is 46.5 Å². The monoisotopic (exact) mass is 699 g/mol. The number of ether oxygens (including phenoxy) is 1. The Morgan fingerprint density at radius 2 is 1.35 bits per heavy atom. The summed E-state index contributed by atoms with van der Waals surface area (Å²) in [4.78, 5) is 39.3. The van der Waals surface area contributed by atoms with Crippen molar-refractivity contribution in [2.45, 2.75) is 36.7 Å². The predicted molar refractivity (Wildman–Crippen MR) is 186 cm³/mol. The van der Waals surface area contributed by atoms with Crippen molar-refractivity contribution in [3.8, 4) is 22.6 Å². The molecule has 5 unspecified atom stereocenters. The molecule has 0 saturated carbocycles. The molecule has 0 radical (unpaired) electrons. The highest BCUT2D eigenvalue weighted by atomic mass is 16.7. The van der Waals surface area contributed by atoms with E-state index in [1.165, 1.54) is 28.8 Å². The van der Waals surface area contributed by atoms with Gasteiger partial charge in [0, 0.05) is 33.7 Å². The number of H-pyrrole nitrogens is 1. The van der Waals surface area contributed by atoms with E-state index in [0.717, 1.165) is 27.3 Å². The average Bonchev–Trinajstić information content (AvgIpc) is 3.85. The van der Waals surface area contributed by atoms with Gasteiger partial charge in [-0.1, -0.05) is 48.5 Å². The second-order valence-electron chi connectivity index (χ2n) is 13.4. The molecule has 13 heteroatoms. The van der Waals surface area contributed by atoms with Crippen LogP contribution < -0.4 is 0 Å². The highest BCUT2D eigenvalue weighted by molar-refractivity contribution is 6.39. The molecular formula is C39H29N3O10. The number of imide groups is 1. The van der Waals surface area contributed by atoms with E-state index in [2.05, 4.69) is 4.98 Å². The van der Waals surface area contributed by atoms with Crippen LogP contribution in [0.25, 0.3) is 54.7 Å². The number of fused-ring (bicyclic) bond motifs is 13. The van der Waals surface area contributed by atoms with Crippen LogP contribution in [0.2, 0.25) is 0 Å². The molecule has 260 valence electrons. The lowest BCUT2D eigenvalue weighted by Crippen LogP contribution is -2.56. The highest BCUT2D eigenvalue weighted by Crippen LogP contribution is 2.50. The third kappa shape index (κ3) is 3.97. The van der Waals surface area contributed by atoms with E-state index in [0.29, 0.717) is 27.2 Å². The van der Waals surface area contributed by atoms with E-state index in [1.807, 2.05) is 48.5 Å². The van der Waals surface area contributed by atoms with E-state index >= 15 is 0 Å². The van der Waals surface area contributed by atoms with Gasteiger partial charge in [-0.2, -0.15) is 0 Å². The van der Waals surface area contributed by atoms with Crippen molar-refractivity contribution in [2.24, 2.45) is 0 Å². The molecule has 0 bridgehead atoms. The Morgan fingerprint density at radius 1 is 0.731 bits per heavy atom. The molecule has 2 aromatic heterocycles. The van der Waals surface area contributed by atoms with Crippen LogP contribution in [0.15, 0.2) is 84.9 Å². The fourth-order valence-electron chi connectivity index (χ4n) is 8.38. The van der Waals surface area contributed by atoms with Gasteiger partial charge in [0.25, 0.3) is 11.8 Å². The Bertz CT molecular complexity index is 2650. The number of rotatable bonds is 4. The lowest BCUT2D eigenvalue weighted by Gasteiger charge is -2.41. The number of aliphatic hydroxyl groups is 4. The predicted octanol–water partition coefficient (Wildman–Crippen LogP) is 4.11. The summed E-state index contributed by atoms with van der Waals surface area (Å²) >= 11 is 0. The number of aromatic amines is 1. The lowest BCUT2D eigenvalue weighted by molar-refractivity contribution is -0.249. The smallest absolute Gasteiger partial charge is 0.286 e. The molecule has 1 fully saturated rings. The Kier molecular flexibility index (Phi) is 6.47. The number of hydrogen-bond acceptors (Lipinski definition) is 10. The molecular weight excluding hydrogens is 670 g/mol. The van der Waals surface area contributed by atoms with Gasteiger partial charge in [0.05, 0.1) is 39.8 Å². The molecule has 1 saturated heterocycles. The van der Waals surface area contributed by atoms with Gasteiger partial charge in [-0.3, -0.25) is 9.59 Å². The number of aromatic nitrogens is 2. The molecule has 5 aromatic carbocycles. The van der Waals surface area contributed by atoms with Gasteiger partial charge in [-0.25, -0.2) is 4.84 Å². The maximum Gasteiger partial charge on any atom is 0.286 e. The van der Waals surface area contributed by atoms with Crippen LogP contribution >= 0.6 is 0 Å². The van der Waals surface area contributed by atoms with Crippen LogP contribution in [0.1, 0.15) is 44.2 Å². The van der Waals surface area contributed by atoms with Crippen LogP contribution in [0.5, 0.6) is 11.5 Å². The fourth-order valence-corrected chi connectivity index (χ4v) is 8.38. The van der Waals surface area contributed by atoms with Gasteiger partial charge in [0.2, 0.25) is 0 Å². The van der Waals surface area contributed by atoms with Gasteiger partial charge in [0.15, 0.2) is 6.23 Å². The number of hydrogen-bond donors (Lipinski definition) is 7.